The quantitative estimate of drug-likeness (QED) is 0.616. The molecule has 2 unspecified atom stereocenters. The van der Waals surface area contributed by atoms with E-state index in [4.69, 9.17) is 5.73 Å². The second-order valence-electron chi connectivity index (χ2n) is 9.81. The molecule has 3 atom stereocenters. The van der Waals surface area contributed by atoms with Gasteiger partial charge in [0.25, 0.3) is 0 Å². The van der Waals surface area contributed by atoms with Gasteiger partial charge in [0.1, 0.15) is 11.9 Å². The Labute approximate surface area is 202 Å². The zero-order valence-corrected chi connectivity index (χ0v) is 20.1. The number of benzene rings is 2. The summed E-state index contributed by atoms with van der Waals surface area (Å²) >= 11 is 3.45. The fraction of sp³-hybridized carbons (Fsp3) is 0.462. The van der Waals surface area contributed by atoms with Gasteiger partial charge in [-0.25, -0.2) is 4.39 Å². The van der Waals surface area contributed by atoms with Crippen molar-refractivity contribution in [3.05, 3.63) is 69.9 Å². The van der Waals surface area contributed by atoms with Crippen LogP contribution in [0.25, 0.3) is 0 Å². The van der Waals surface area contributed by atoms with E-state index in [9.17, 15) is 14.0 Å². The van der Waals surface area contributed by atoms with Crippen molar-refractivity contribution in [2.24, 2.45) is 5.73 Å². The fourth-order valence-corrected chi connectivity index (χ4v) is 5.92. The van der Waals surface area contributed by atoms with Gasteiger partial charge in [-0.15, -0.1) is 0 Å². The van der Waals surface area contributed by atoms with Crippen LogP contribution in [0, 0.1) is 5.82 Å². The molecule has 3 aliphatic rings. The number of hydrogen-bond donors (Lipinski definition) is 2. The van der Waals surface area contributed by atoms with E-state index >= 15 is 0 Å². The number of amides is 2. The highest BCUT2D eigenvalue weighted by Crippen LogP contribution is 2.48. The molecule has 7 heteroatoms. The molecule has 2 aromatic rings. The molecule has 2 bridgehead atoms. The topological polar surface area (TPSA) is 75.4 Å². The van der Waals surface area contributed by atoms with Crippen LogP contribution in [0.1, 0.15) is 49.7 Å². The number of carbonyl (C=O) groups excluding carboxylic acids is 2. The smallest absolute Gasteiger partial charge is 0.245 e. The molecular weight excluding hydrogens is 485 g/mol. The van der Waals surface area contributed by atoms with Crippen LogP contribution in [0.4, 0.5) is 4.39 Å². The summed E-state index contributed by atoms with van der Waals surface area (Å²) < 4.78 is 14.4. The highest BCUT2D eigenvalue weighted by Gasteiger charge is 2.52. The summed E-state index contributed by atoms with van der Waals surface area (Å²) in [5.41, 5.74) is 7.34. The van der Waals surface area contributed by atoms with Gasteiger partial charge in [-0.1, -0.05) is 40.2 Å². The summed E-state index contributed by atoms with van der Waals surface area (Å²) in [5, 5.41) is 3.11. The summed E-state index contributed by atoms with van der Waals surface area (Å²) in [6, 6.07) is 13.8. The van der Waals surface area contributed by atoms with Crippen LogP contribution < -0.4 is 11.1 Å². The molecular formula is C26H29BrFN3O2. The van der Waals surface area contributed by atoms with E-state index in [-0.39, 0.29) is 35.8 Å². The molecule has 0 radical (unpaired) electrons. The standard InChI is InChI=1S/C26H29BrFN3O2/c27-18-5-1-16(2-6-18)13-23(24(32)31-21-9-10-22(31)15-20(29)14-21)30-25(33)26(11-12-26)17-3-7-19(28)8-4-17/h1-8,20-23H,9-15,29H2,(H,30,33)/t20?,21?,22?,23-/m0/s1. The average molecular weight is 514 g/mol. The highest BCUT2D eigenvalue weighted by molar-refractivity contribution is 9.10. The van der Waals surface area contributed by atoms with Crippen LogP contribution in [-0.2, 0) is 21.4 Å². The Morgan fingerprint density at radius 3 is 2.24 bits per heavy atom. The monoisotopic (exact) mass is 513 g/mol. The number of nitrogens with zero attached hydrogens (tertiary/aromatic N) is 1. The van der Waals surface area contributed by atoms with Crippen molar-refractivity contribution in [2.75, 3.05) is 0 Å². The van der Waals surface area contributed by atoms with Crippen LogP contribution in [0.2, 0.25) is 0 Å². The number of fused-ring (bicyclic) bond motifs is 2. The van der Waals surface area contributed by atoms with E-state index in [1.807, 2.05) is 29.2 Å². The fourth-order valence-electron chi connectivity index (χ4n) is 5.65. The summed E-state index contributed by atoms with van der Waals surface area (Å²) in [5.74, 6) is -0.483. The normalized spacial score (nSPS) is 26.0. The first-order chi connectivity index (χ1) is 15.9. The van der Waals surface area contributed by atoms with Crippen molar-refractivity contribution in [1.29, 1.82) is 0 Å². The molecule has 0 spiro atoms. The Morgan fingerprint density at radius 1 is 1.06 bits per heavy atom. The van der Waals surface area contributed by atoms with Gasteiger partial charge in [-0.2, -0.15) is 0 Å². The molecule has 174 valence electrons. The molecule has 0 aromatic heterocycles. The van der Waals surface area contributed by atoms with E-state index in [0.29, 0.717) is 19.3 Å². The minimum atomic E-state index is -0.671. The molecule has 5 rings (SSSR count). The number of rotatable bonds is 6. The van der Waals surface area contributed by atoms with E-state index in [2.05, 4.69) is 21.2 Å². The average Bonchev–Trinajstić information content (AvgIpc) is 3.55. The molecule has 3 N–H and O–H groups in total. The number of carbonyl (C=O) groups is 2. The Bertz CT molecular complexity index is 1020. The lowest BCUT2D eigenvalue weighted by molar-refractivity contribution is -0.140. The lowest BCUT2D eigenvalue weighted by atomic mass is 9.93. The van der Waals surface area contributed by atoms with Gasteiger partial charge in [0.2, 0.25) is 11.8 Å². The van der Waals surface area contributed by atoms with Gasteiger partial charge in [0.05, 0.1) is 5.41 Å². The van der Waals surface area contributed by atoms with Crippen molar-refractivity contribution >= 4 is 27.7 Å². The lowest BCUT2D eigenvalue weighted by Gasteiger charge is -2.40. The number of piperidine rings is 1. The Balaban J connectivity index is 1.39. The lowest BCUT2D eigenvalue weighted by Crippen LogP contribution is -2.58. The van der Waals surface area contributed by atoms with E-state index < -0.39 is 11.5 Å². The predicted molar refractivity (Wildman–Crippen MR) is 128 cm³/mol. The molecule has 5 nitrogen and oxygen atoms in total. The van der Waals surface area contributed by atoms with Crippen LogP contribution in [0.5, 0.6) is 0 Å². The summed E-state index contributed by atoms with van der Waals surface area (Å²) in [4.78, 5) is 29.3. The van der Waals surface area contributed by atoms with Gasteiger partial charge < -0.3 is 16.0 Å². The number of halogens is 2. The summed E-state index contributed by atoms with van der Waals surface area (Å²) in [7, 11) is 0. The molecule has 1 aliphatic carbocycles. The van der Waals surface area contributed by atoms with Gasteiger partial charge in [0.15, 0.2) is 0 Å². The third-order valence-electron chi connectivity index (χ3n) is 7.56. The Hall–Kier alpha value is -2.25. The highest BCUT2D eigenvalue weighted by atomic mass is 79.9. The first kappa shape index (κ1) is 22.5. The maximum Gasteiger partial charge on any atom is 0.245 e. The SMILES string of the molecule is NC1CC2CCC(C1)N2C(=O)[C@H](Cc1ccc(Br)cc1)NC(=O)C1(c2ccc(F)cc2)CC1. The predicted octanol–water partition coefficient (Wildman–Crippen LogP) is 3.83. The van der Waals surface area contributed by atoms with Gasteiger partial charge >= 0.3 is 0 Å². The number of hydrogen-bond acceptors (Lipinski definition) is 3. The molecule has 33 heavy (non-hydrogen) atoms. The molecule has 1 saturated carbocycles. The molecule has 2 aromatic carbocycles. The van der Waals surface area contributed by atoms with E-state index in [0.717, 1.165) is 41.3 Å². The second-order valence-corrected chi connectivity index (χ2v) is 10.7. The van der Waals surface area contributed by atoms with Gasteiger partial charge in [-0.3, -0.25) is 9.59 Å². The third-order valence-corrected chi connectivity index (χ3v) is 8.09. The number of nitrogens with two attached hydrogens (primary N) is 1. The van der Waals surface area contributed by atoms with Crippen LogP contribution in [-0.4, -0.2) is 40.9 Å². The minimum absolute atomic E-state index is 0.0134. The van der Waals surface area contributed by atoms with Gasteiger partial charge in [0, 0.05) is 29.0 Å². The van der Waals surface area contributed by atoms with Gasteiger partial charge in [-0.05, 0) is 73.9 Å². The minimum Gasteiger partial charge on any atom is -0.343 e. The van der Waals surface area contributed by atoms with E-state index in [1.165, 1.54) is 12.1 Å². The van der Waals surface area contributed by atoms with Crippen molar-refractivity contribution in [3.8, 4) is 0 Å². The molecule has 2 amide bonds. The maximum absolute atomic E-state index is 13.8. The molecule has 2 saturated heterocycles. The first-order valence-electron chi connectivity index (χ1n) is 11.7. The van der Waals surface area contributed by atoms with Crippen molar-refractivity contribution in [1.82, 2.24) is 10.2 Å². The van der Waals surface area contributed by atoms with Crippen LogP contribution in [0.15, 0.2) is 53.0 Å². The first-order valence-corrected chi connectivity index (χ1v) is 12.5. The van der Waals surface area contributed by atoms with E-state index in [1.54, 1.807) is 12.1 Å². The Morgan fingerprint density at radius 2 is 1.67 bits per heavy atom. The van der Waals surface area contributed by atoms with Crippen LogP contribution in [0.3, 0.4) is 0 Å². The number of nitrogens with one attached hydrogen (secondary N) is 1. The van der Waals surface area contributed by atoms with Crippen molar-refractivity contribution < 1.29 is 14.0 Å². The summed E-state index contributed by atoms with van der Waals surface area (Å²) in [6.07, 6.45) is 5.42. The molecule has 2 heterocycles. The second kappa shape index (κ2) is 8.84. The van der Waals surface area contributed by atoms with Crippen molar-refractivity contribution in [2.45, 2.75) is 74.5 Å². The van der Waals surface area contributed by atoms with Crippen LogP contribution >= 0.6 is 15.9 Å². The third kappa shape index (κ3) is 4.45. The summed E-state index contributed by atoms with van der Waals surface area (Å²) in [6.45, 7) is 0. The molecule has 3 fully saturated rings. The zero-order chi connectivity index (χ0) is 23.2. The van der Waals surface area contributed by atoms with Crippen molar-refractivity contribution in [3.63, 3.8) is 0 Å². The maximum atomic E-state index is 13.8. The molecule has 2 aliphatic heterocycles. The zero-order valence-electron chi connectivity index (χ0n) is 18.5. The Kier molecular flexibility index (Phi) is 6.04. The largest absolute Gasteiger partial charge is 0.343 e.